The number of azide groups is 2. The maximum atomic E-state index is 11.7. The highest BCUT2D eigenvalue weighted by Crippen LogP contribution is 2.12. The van der Waals surface area contributed by atoms with Gasteiger partial charge in [-0.2, -0.15) is 0 Å². The average molecular weight is 290 g/mol. The molecular weight excluding hydrogens is 276 g/mol. The Morgan fingerprint density at radius 1 is 1.29 bits per heavy atom. The largest absolute Gasteiger partial charge is 0.497 e. The zero-order chi connectivity index (χ0) is 15.5. The van der Waals surface area contributed by atoms with Crippen LogP contribution in [0.2, 0.25) is 0 Å². The van der Waals surface area contributed by atoms with Gasteiger partial charge in [-0.25, -0.2) is 4.79 Å². The summed E-state index contributed by atoms with van der Waals surface area (Å²) in [4.78, 5) is 17.0. The first-order valence-electron chi connectivity index (χ1n) is 6.07. The molecule has 0 aromatic heterocycles. The molecule has 1 aromatic carbocycles. The van der Waals surface area contributed by atoms with Crippen LogP contribution >= 0.6 is 0 Å². The molecule has 0 saturated carbocycles. The molecule has 0 heterocycles. The van der Waals surface area contributed by atoms with Crippen LogP contribution in [0.1, 0.15) is 16.8 Å². The van der Waals surface area contributed by atoms with Crippen molar-refractivity contribution in [1.82, 2.24) is 0 Å². The standard InChI is InChI=1S/C12H14N6O3/c1-20-11-4-2-9(3-5-11)12(19)21-7-6-10(16-18-14)8-15-17-13/h2-5,10H,6-8H2,1H3. The van der Waals surface area contributed by atoms with Crippen LogP contribution in [0.15, 0.2) is 34.5 Å². The molecule has 0 bridgehead atoms. The summed E-state index contributed by atoms with van der Waals surface area (Å²) in [5.74, 6) is 0.158. The summed E-state index contributed by atoms with van der Waals surface area (Å²) >= 11 is 0. The van der Waals surface area contributed by atoms with Gasteiger partial charge in [0.05, 0.1) is 19.3 Å². The van der Waals surface area contributed by atoms with Gasteiger partial charge >= 0.3 is 5.97 Å². The monoisotopic (exact) mass is 290 g/mol. The summed E-state index contributed by atoms with van der Waals surface area (Å²) in [5, 5.41) is 6.79. The van der Waals surface area contributed by atoms with E-state index in [2.05, 4.69) is 20.1 Å². The zero-order valence-corrected chi connectivity index (χ0v) is 11.4. The van der Waals surface area contributed by atoms with E-state index < -0.39 is 12.0 Å². The molecule has 0 spiro atoms. The number of esters is 1. The Balaban J connectivity index is 2.47. The summed E-state index contributed by atoms with van der Waals surface area (Å²) in [6.45, 7) is 0.0934. The van der Waals surface area contributed by atoms with Crippen molar-refractivity contribution in [2.75, 3.05) is 20.3 Å². The summed E-state index contributed by atoms with van der Waals surface area (Å²) < 4.78 is 10.0. The molecule has 0 fully saturated rings. The van der Waals surface area contributed by atoms with Crippen molar-refractivity contribution in [2.45, 2.75) is 12.5 Å². The topological polar surface area (TPSA) is 133 Å². The van der Waals surface area contributed by atoms with Crippen molar-refractivity contribution in [3.63, 3.8) is 0 Å². The van der Waals surface area contributed by atoms with E-state index in [9.17, 15) is 4.79 Å². The molecule has 0 aliphatic heterocycles. The zero-order valence-electron chi connectivity index (χ0n) is 11.4. The predicted octanol–water partition coefficient (Wildman–Crippen LogP) is 3.23. The first-order valence-corrected chi connectivity index (χ1v) is 6.07. The average Bonchev–Trinajstić information content (AvgIpc) is 2.52. The van der Waals surface area contributed by atoms with Gasteiger partial charge in [-0.3, -0.25) is 0 Å². The lowest BCUT2D eigenvalue weighted by atomic mass is 10.2. The van der Waals surface area contributed by atoms with Crippen molar-refractivity contribution in [1.29, 1.82) is 0 Å². The number of hydrogen-bond donors (Lipinski definition) is 0. The first kappa shape index (κ1) is 16.2. The Morgan fingerprint density at radius 3 is 2.57 bits per heavy atom. The second-order valence-corrected chi connectivity index (χ2v) is 3.93. The third-order valence-corrected chi connectivity index (χ3v) is 2.58. The van der Waals surface area contributed by atoms with Crippen LogP contribution in [0.4, 0.5) is 0 Å². The molecule has 9 nitrogen and oxygen atoms in total. The van der Waals surface area contributed by atoms with Crippen molar-refractivity contribution in [3.8, 4) is 5.75 Å². The van der Waals surface area contributed by atoms with Crippen molar-refractivity contribution in [3.05, 3.63) is 50.7 Å². The number of methoxy groups -OCH3 is 1. The Bertz CT molecular complexity index is 561. The van der Waals surface area contributed by atoms with E-state index >= 15 is 0 Å². The van der Waals surface area contributed by atoms with Gasteiger partial charge in [-0.15, -0.1) is 0 Å². The Labute approximate surface area is 120 Å². The Hall–Kier alpha value is -2.89. The van der Waals surface area contributed by atoms with Crippen molar-refractivity contribution in [2.24, 2.45) is 10.2 Å². The highest BCUT2D eigenvalue weighted by molar-refractivity contribution is 5.89. The van der Waals surface area contributed by atoms with E-state index in [1.54, 1.807) is 24.3 Å². The number of ether oxygens (including phenoxy) is 2. The van der Waals surface area contributed by atoms with Crippen LogP contribution in [-0.2, 0) is 4.74 Å². The molecule has 0 amide bonds. The van der Waals surface area contributed by atoms with Crippen molar-refractivity contribution < 1.29 is 14.3 Å². The number of carbonyl (C=O) groups is 1. The van der Waals surface area contributed by atoms with Crippen molar-refractivity contribution >= 4 is 5.97 Å². The minimum Gasteiger partial charge on any atom is -0.497 e. The lowest BCUT2D eigenvalue weighted by molar-refractivity contribution is 0.0494. The molecule has 1 rings (SSSR count). The number of nitrogens with zero attached hydrogens (tertiary/aromatic N) is 6. The van der Waals surface area contributed by atoms with Crippen LogP contribution in [-0.4, -0.2) is 32.3 Å². The molecule has 0 N–H and O–H groups in total. The second kappa shape index (κ2) is 9.08. The van der Waals surface area contributed by atoms with Gasteiger partial charge in [0.1, 0.15) is 5.75 Å². The molecule has 0 aliphatic carbocycles. The summed E-state index contributed by atoms with van der Waals surface area (Å²) in [6.07, 6.45) is 0.283. The van der Waals surface area contributed by atoms with E-state index in [4.69, 9.17) is 20.5 Å². The molecule has 110 valence electrons. The van der Waals surface area contributed by atoms with E-state index in [1.807, 2.05) is 0 Å². The molecule has 0 radical (unpaired) electrons. The van der Waals surface area contributed by atoms with Gasteiger partial charge in [0.2, 0.25) is 0 Å². The van der Waals surface area contributed by atoms with E-state index in [0.29, 0.717) is 11.3 Å². The fraction of sp³-hybridized carbons (Fsp3) is 0.417. The molecule has 0 aliphatic rings. The van der Waals surface area contributed by atoms with Crippen LogP contribution in [0, 0.1) is 0 Å². The highest BCUT2D eigenvalue weighted by Gasteiger charge is 2.10. The summed E-state index contributed by atoms with van der Waals surface area (Å²) in [6, 6.07) is 5.95. The van der Waals surface area contributed by atoms with Crippen LogP contribution < -0.4 is 4.74 Å². The van der Waals surface area contributed by atoms with Gasteiger partial charge < -0.3 is 9.47 Å². The Kier molecular flexibility index (Phi) is 6.99. The molecular formula is C12H14N6O3. The SMILES string of the molecule is COc1ccc(C(=O)OCCC(CN=[N+]=[N-])N=[N+]=[N-])cc1. The first-order chi connectivity index (χ1) is 10.2. The van der Waals surface area contributed by atoms with Crippen LogP contribution in [0.25, 0.3) is 20.9 Å². The Morgan fingerprint density at radius 2 is 2.00 bits per heavy atom. The van der Waals surface area contributed by atoms with Crippen LogP contribution in [0.5, 0.6) is 5.75 Å². The third-order valence-electron chi connectivity index (χ3n) is 2.58. The van der Waals surface area contributed by atoms with Crippen LogP contribution in [0.3, 0.4) is 0 Å². The molecule has 1 unspecified atom stereocenters. The van der Waals surface area contributed by atoms with Gasteiger partial charge in [0.15, 0.2) is 0 Å². The fourth-order valence-electron chi connectivity index (χ4n) is 1.49. The predicted molar refractivity (Wildman–Crippen MR) is 74.8 cm³/mol. The molecule has 1 aromatic rings. The number of benzene rings is 1. The van der Waals surface area contributed by atoms with Gasteiger partial charge in [-0.05, 0) is 41.7 Å². The lowest BCUT2D eigenvalue weighted by Crippen LogP contribution is -2.14. The summed E-state index contributed by atoms with van der Waals surface area (Å²) in [5.41, 5.74) is 17.0. The number of hydrogen-bond acceptors (Lipinski definition) is 5. The molecule has 9 heteroatoms. The minimum absolute atomic E-state index is 0.0284. The molecule has 1 atom stereocenters. The van der Waals surface area contributed by atoms with Gasteiger partial charge in [-0.1, -0.05) is 10.2 Å². The maximum absolute atomic E-state index is 11.7. The second-order valence-electron chi connectivity index (χ2n) is 3.93. The van der Waals surface area contributed by atoms with E-state index in [-0.39, 0.29) is 19.6 Å². The lowest BCUT2D eigenvalue weighted by Gasteiger charge is -2.09. The van der Waals surface area contributed by atoms with E-state index in [1.165, 1.54) is 7.11 Å². The number of carbonyl (C=O) groups excluding carboxylic acids is 1. The smallest absolute Gasteiger partial charge is 0.338 e. The van der Waals surface area contributed by atoms with E-state index in [0.717, 1.165) is 0 Å². The van der Waals surface area contributed by atoms with Gasteiger partial charge in [0.25, 0.3) is 0 Å². The normalized spacial score (nSPS) is 10.7. The van der Waals surface area contributed by atoms with Gasteiger partial charge in [0, 0.05) is 22.4 Å². The molecule has 21 heavy (non-hydrogen) atoms. The summed E-state index contributed by atoms with van der Waals surface area (Å²) in [7, 11) is 1.53. The minimum atomic E-state index is -0.533. The highest BCUT2D eigenvalue weighted by atomic mass is 16.5. The quantitative estimate of drug-likeness (QED) is 0.315. The fourth-order valence-corrected chi connectivity index (χ4v) is 1.49. The number of rotatable bonds is 8. The maximum Gasteiger partial charge on any atom is 0.338 e. The third kappa shape index (κ3) is 5.73. The molecule has 0 saturated heterocycles.